The second-order valence-corrected chi connectivity index (χ2v) is 5.47. The van der Waals surface area contributed by atoms with Gasteiger partial charge < -0.3 is 10.6 Å². The number of carbonyl (C=O) groups is 1. The molecule has 1 unspecified atom stereocenters. The minimum Gasteiger partial charge on any atom is -0.374 e. The standard InChI is InChI=1S/C18H22N2O/c1-12-8-10-16(11-9-12)20-18(21)15(4)19-17-7-5-6-13(2)14(17)3/h5-11,15,19H,1-4H3,(H,20,21). The fourth-order valence-corrected chi connectivity index (χ4v) is 2.09. The number of aryl methyl sites for hydroxylation is 2. The number of hydrogen-bond acceptors (Lipinski definition) is 2. The normalized spacial score (nSPS) is 11.8. The molecule has 0 saturated carbocycles. The molecule has 21 heavy (non-hydrogen) atoms. The highest BCUT2D eigenvalue weighted by atomic mass is 16.2. The second kappa shape index (κ2) is 6.44. The highest BCUT2D eigenvalue weighted by molar-refractivity contribution is 5.96. The number of rotatable bonds is 4. The van der Waals surface area contributed by atoms with Crippen LogP contribution in [0.25, 0.3) is 0 Å². The first-order chi connectivity index (χ1) is 9.97. The van der Waals surface area contributed by atoms with Crippen molar-refractivity contribution < 1.29 is 4.79 Å². The van der Waals surface area contributed by atoms with Gasteiger partial charge >= 0.3 is 0 Å². The van der Waals surface area contributed by atoms with Crippen LogP contribution in [0.2, 0.25) is 0 Å². The van der Waals surface area contributed by atoms with Gasteiger partial charge in [-0.1, -0.05) is 29.8 Å². The monoisotopic (exact) mass is 282 g/mol. The van der Waals surface area contributed by atoms with Gasteiger partial charge in [-0.05, 0) is 57.0 Å². The van der Waals surface area contributed by atoms with Gasteiger partial charge in [-0.3, -0.25) is 4.79 Å². The van der Waals surface area contributed by atoms with E-state index in [1.54, 1.807) is 0 Å². The lowest BCUT2D eigenvalue weighted by Gasteiger charge is -2.18. The third-order valence-corrected chi connectivity index (χ3v) is 3.69. The van der Waals surface area contributed by atoms with E-state index in [-0.39, 0.29) is 11.9 Å². The van der Waals surface area contributed by atoms with Crippen LogP contribution in [0.3, 0.4) is 0 Å². The molecule has 0 bridgehead atoms. The van der Waals surface area contributed by atoms with E-state index in [0.29, 0.717) is 0 Å². The lowest BCUT2D eigenvalue weighted by atomic mass is 10.1. The summed E-state index contributed by atoms with van der Waals surface area (Å²) in [5.41, 5.74) is 5.38. The van der Waals surface area contributed by atoms with E-state index in [4.69, 9.17) is 0 Å². The average molecular weight is 282 g/mol. The van der Waals surface area contributed by atoms with E-state index in [9.17, 15) is 4.79 Å². The second-order valence-electron chi connectivity index (χ2n) is 5.47. The van der Waals surface area contributed by atoms with E-state index >= 15 is 0 Å². The lowest BCUT2D eigenvalue weighted by molar-refractivity contribution is -0.116. The van der Waals surface area contributed by atoms with Crippen molar-refractivity contribution in [2.24, 2.45) is 0 Å². The number of carbonyl (C=O) groups excluding carboxylic acids is 1. The highest BCUT2D eigenvalue weighted by Crippen LogP contribution is 2.19. The third-order valence-electron chi connectivity index (χ3n) is 3.69. The van der Waals surface area contributed by atoms with Crippen molar-refractivity contribution in [3.8, 4) is 0 Å². The maximum Gasteiger partial charge on any atom is 0.246 e. The van der Waals surface area contributed by atoms with Gasteiger partial charge in [0.2, 0.25) is 5.91 Å². The predicted molar refractivity (Wildman–Crippen MR) is 88.8 cm³/mol. The van der Waals surface area contributed by atoms with Gasteiger partial charge in [0.25, 0.3) is 0 Å². The van der Waals surface area contributed by atoms with Crippen molar-refractivity contribution in [1.29, 1.82) is 0 Å². The first-order valence-corrected chi connectivity index (χ1v) is 7.17. The van der Waals surface area contributed by atoms with Crippen LogP contribution in [0.1, 0.15) is 23.6 Å². The minimum absolute atomic E-state index is 0.0419. The first-order valence-electron chi connectivity index (χ1n) is 7.17. The zero-order valence-electron chi connectivity index (χ0n) is 13.0. The topological polar surface area (TPSA) is 41.1 Å². The van der Waals surface area contributed by atoms with Crippen LogP contribution in [0.4, 0.5) is 11.4 Å². The van der Waals surface area contributed by atoms with Crippen LogP contribution in [-0.4, -0.2) is 11.9 Å². The van der Waals surface area contributed by atoms with Crippen molar-refractivity contribution in [3.63, 3.8) is 0 Å². The summed E-state index contributed by atoms with van der Waals surface area (Å²) in [4.78, 5) is 12.2. The van der Waals surface area contributed by atoms with Crippen LogP contribution in [0.5, 0.6) is 0 Å². The fraction of sp³-hybridized carbons (Fsp3) is 0.278. The Bertz CT molecular complexity index is 632. The molecule has 0 aliphatic carbocycles. The Morgan fingerprint density at radius 3 is 2.33 bits per heavy atom. The molecule has 2 N–H and O–H groups in total. The van der Waals surface area contributed by atoms with E-state index in [1.165, 1.54) is 16.7 Å². The van der Waals surface area contributed by atoms with Crippen LogP contribution in [0, 0.1) is 20.8 Å². The van der Waals surface area contributed by atoms with Gasteiger partial charge in [-0.25, -0.2) is 0 Å². The Morgan fingerprint density at radius 1 is 1.00 bits per heavy atom. The molecule has 3 heteroatoms. The van der Waals surface area contributed by atoms with Gasteiger partial charge in [-0.15, -0.1) is 0 Å². The maximum absolute atomic E-state index is 12.2. The summed E-state index contributed by atoms with van der Waals surface area (Å²) >= 11 is 0. The summed E-state index contributed by atoms with van der Waals surface area (Å²) in [6.07, 6.45) is 0. The molecule has 110 valence electrons. The zero-order chi connectivity index (χ0) is 15.4. The van der Waals surface area contributed by atoms with E-state index < -0.39 is 0 Å². The molecule has 1 amide bonds. The third kappa shape index (κ3) is 3.85. The largest absolute Gasteiger partial charge is 0.374 e. The molecule has 2 aromatic rings. The van der Waals surface area contributed by atoms with Crippen molar-refractivity contribution in [2.75, 3.05) is 10.6 Å². The molecule has 0 fully saturated rings. The highest BCUT2D eigenvalue weighted by Gasteiger charge is 2.14. The number of nitrogens with one attached hydrogen (secondary N) is 2. The van der Waals surface area contributed by atoms with Crippen molar-refractivity contribution in [2.45, 2.75) is 33.7 Å². The van der Waals surface area contributed by atoms with Gasteiger partial charge in [0.05, 0.1) is 0 Å². The first kappa shape index (κ1) is 15.1. The van der Waals surface area contributed by atoms with Gasteiger partial charge in [0, 0.05) is 11.4 Å². The summed E-state index contributed by atoms with van der Waals surface area (Å²) in [7, 11) is 0. The molecule has 0 aromatic heterocycles. The summed E-state index contributed by atoms with van der Waals surface area (Å²) in [5, 5.41) is 6.19. The van der Waals surface area contributed by atoms with Crippen molar-refractivity contribution in [3.05, 3.63) is 59.2 Å². The molecule has 1 atom stereocenters. The summed E-state index contributed by atoms with van der Waals surface area (Å²) < 4.78 is 0. The molecule has 0 saturated heterocycles. The Labute approximate surface area is 126 Å². The molecular formula is C18H22N2O. The molecule has 2 aromatic carbocycles. The Kier molecular flexibility index (Phi) is 4.63. The lowest BCUT2D eigenvalue weighted by Crippen LogP contribution is -2.32. The SMILES string of the molecule is Cc1ccc(NC(=O)C(C)Nc2cccc(C)c2C)cc1. The molecule has 2 rings (SSSR count). The van der Waals surface area contributed by atoms with E-state index in [0.717, 1.165) is 11.4 Å². The summed E-state index contributed by atoms with van der Waals surface area (Å²) in [5.74, 6) is -0.0419. The smallest absolute Gasteiger partial charge is 0.246 e. The molecule has 0 heterocycles. The maximum atomic E-state index is 12.2. The van der Waals surface area contributed by atoms with Gasteiger partial charge in [-0.2, -0.15) is 0 Å². The molecule has 3 nitrogen and oxygen atoms in total. The molecule has 0 spiro atoms. The number of amides is 1. The number of hydrogen-bond donors (Lipinski definition) is 2. The van der Waals surface area contributed by atoms with Gasteiger partial charge in [0.15, 0.2) is 0 Å². The molecule has 0 aliphatic rings. The van der Waals surface area contributed by atoms with E-state index in [1.807, 2.05) is 50.2 Å². The molecular weight excluding hydrogens is 260 g/mol. The Balaban J connectivity index is 2.02. The number of benzene rings is 2. The number of anilines is 2. The summed E-state index contributed by atoms with van der Waals surface area (Å²) in [6, 6.07) is 13.6. The average Bonchev–Trinajstić information content (AvgIpc) is 2.46. The quantitative estimate of drug-likeness (QED) is 0.888. The van der Waals surface area contributed by atoms with Gasteiger partial charge in [0.1, 0.15) is 6.04 Å². The Hall–Kier alpha value is -2.29. The minimum atomic E-state index is -0.299. The van der Waals surface area contributed by atoms with Crippen molar-refractivity contribution >= 4 is 17.3 Å². The van der Waals surface area contributed by atoms with Crippen LogP contribution < -0.4 is 10.6 Å². The Morgan fingerprint density at radius 2 is 1.67 bits per heavy atom. The van der Waals surface area contributed by atoms with Crippen LogP contribution in [0.15, 0.2) is 42.5 Å². The molecule has 0 aliphatic heterocycles. The van der Waals surface area contributed by atoms with Crippen LogP contribution in [-0.2, 0) is 4.79 Å². The van der Waals surface area contributed by atoms with E-state index in [2.05, 4.69) is 30.5 Å². The zero-order valence-corrected chi connectivity index (χ0v) is 13.0. The van der Waals surface area contributed by atoms with Crippen molar-refractivity contribution in [1.82, 2.24) is 0 Å². The predicted octanol–water partition coefficient (Wildman–Crippen LogP) is 4.05. The molecule has 0 radical (unpaired) electrons. The van der Waals surface area contributed by atoms with Crippen LogP contribution >= 0.6 is 0 Å². The summed E-state index contributed by atoms with van der Waals surface area (Å²) in [6.45, 7) is 8.02. The fourth-order valence-electron chi connectivity index (χ4n) is 2.09.